The molecule has 1 aromatic carbocycles. The molecule has 0 aliphatic carbocycles. The molecule has 0 spiro atoms. The molecule has 11 nitrogen and oxygen atoms in total. The first kappa shape index (κ1) is 27.4. The minimum absolute atomic E-state index is 0.0349. The first-order valence-electron chi connectivity index (χ1n) is 13.0. The molecule has 11 heteroatoms. The number of ether oxygens (including phenoxy) is 1. The quantitative estimate of drug-likeness (QED) is 0.549. The lowest BCUT2D eigenvalue weighted by molar-refractivity contribution is -0.141. The van der Waals surface area contributed by atoms with Gasteiger partial charge in [-0.05, 0) is 64.7 Å². The highest BCUT2D eigenvalue weighted by molar-refractivity contribution is 5.93. The van der Waals surface area contributed by atoms with Crippen LogP contribution in [-0.2, 0) is 14.3 Å². The summed E-state index contributed by atoms with van der Waals surface area (Å²) < 4.78 is 5.39. The van der Waals surface area contributed by atoms with Gasteiger partial charge in [0.15, 0.2) is 0 Å². The Morgan fingerprint density at radius 2 is 1.92 bits per heavy atom. The number of nitrogens with zero attached hydrogens (tertiary/aromatic N) is 4. The van der Waals surface area contributed by atoms with E-state index in [2.05, 4.69) is 11.4 Å². The van der Waals surface area contributed by atoms with Crippen molar-refractivity contribution in [3.05, 3.63) is 35.4 Å². The summed E-state index contributed by atoms with van der Waals surface area (Å²) in [4.78, 5) is 56.3. The Kier molecular flexibility index (Phi) is 7.65. The van der Waals surface area contributed by atoms with Crippen molar-refractivity contribution in [1.29, 1.82) is 5.26 Å². The third-order valence-corrected chi connectivity index (χ3v) is 7.50. The maximum Gasteiger partial charge on any atom is 0.408 e. The van der Waals surface area contributed by atoms with Gasteiger partial charge < -0.3 is 25.6 Å². The van der Waals surface area contributed by atoms with Gasteiger partial charge >= 0.3 is 6.09 Å². The molecule has 4 rings (SSSR count). The average Bonchev–Trinajstić information content (AvgIpc) is 3.56. The van der Waals surface area contributed by atoms with Gasteiger partial charge in [-0.2, -0.15) is 5.26 Å². The molecule has 204 valence electrons. The molecular formula is C27H36N6O5. The van der Waals surface area contributed by atoms with E-state index in [1.807, 2.05) is 28.9 Å². The molecule has 0 aromatic heterocycles. The first-order valence-corrected chi connectivity index (χ1v) is 13.0. The third kappa shape index (κ3) is 5.60. The van der Waals surface area contributed by atoms with Gasteiger partial charge in [0.25, 0.3) is 0 Å². The predicted octanol–water partition coefficient (Wildman–Crippen LogP) is 1.54. The van der Waals surface area contributed by atoms with Crippen LogP contribution in [0.3, 0.4) is 0 Å². The van der Waals surface area contributed by atoms with Gasteiger partial charge in [-0.15, -0.1) is 0 Å². The first-order chi connectivity index (χ1) is 17.9. The van der Waals surface area contributed by atoms with Crippen LogP contribution in [0.15, 0.2) is 24.3 Å². The van der Waals surface area contributed by atoms with E-state index in [9.17, 15) is 24.4 Å². The van der Waals surface area contributed by atoms with Crippen LogP contribution in [0.1, 0.15) is 68.9 Å². The molecule has 3 heterocycles. The molecule has 3 saturated heterocycles. The van der Waals surface area contributed by atoms with Gasteiger partial charge in [0.2, 0.25) is 17.7 Å². The standard InChI is InChI=1S/C27H36N6O5/c1-16(17-7-9-18(10-8-17)23(29)34)33-20-12-22(25(33)36)31(14-20)15-21(30-26(37)38-27(2,3)4)24(35)32-11-5-6-19(32)13-28/h7-10,16,19-22H,5-6,11-12,14-15H2,1-4H3,(H2,29,34)(H,30,37)/t16-,19+,20-,21+,22-/m1/s1. The Bertz CT molecular complexity index is 1140. The highest BCUT2D eigenvalue weighted by Crippen LogP contribution is 2.38. The number of nitrogens with one attached hydrogen (secondary N) is 1. The summed E-state index contributed by atoms with van der Waals surface area (Å²) >= 11 is 0. The van der Waals surface area contributed by atoms with Crippen LogP contribution in [0.2, 0.25) is 0 Å². The number of fused-ring (bicyclic) bond motifs is 2. The minimum Gasteiger partial charge on any atom is -0.444 e. The molecule has 0 unspecified atom stereocenters. The van der Waals surface area contributed by atoms with E-state index in [0.717, 1.165) is 12.0 Å². The Labute approximate surface area is 222 Å². The number of primary amides is 1. The summed E-state index contributed by atoms with van der Waals surface area (Å²) in [6.45, 7) is 8.33. The van der Waals surface area contributed by atoms with Crippen molar-refractivity contribution in [3.63, 3.8) is 0 Å². The van der Waals surface area contributed by atoms with Crippen LogP contribution in [0, 0.1) is 11.3 Å². The molecule has 3 aliphatic heterocycles. The number of rotatable bonds is 7. The highest BCUT2D eigenvalue weighted by Gasteiger charge is 2.52. The summed E-state index contributed by atoms with van der Waals surface area (Å²) in [5.41, 5.74) is 5.91. The Morgan fingerprint density at radius 1 is 1.24 bits per heavy atom. The van der Waals surface area contributed by atoms with Crippen LogP contribution in [0.25, 0.3) is 0 Å². The van der Waals surface area contributed by atoms with Gasteiger partial charge in [0, 0.05) is 31.2 Å². The van der Waals surface area contributed by atoms with Crippen molar-refractivity contribution in [1.82, 2.24) is 20.0 Å². The largest absolute Gasteiger partial charge is 0.444 e. The van der Waals surface area contributed by atoms with Gasteiger partial charge in [-0.25, -0.2) is 4.79 Å². The van der Waals surface area contributed by atoms with Crippen LogP contribution < -0.4 is 11.1 Å². The average molecular weight is 525 g/mol. The number of piperazine rings is 1. The van der Waals surface area contributed by atoms with E-state index >= 15 is 0 Å². The lowest BCUT2D eigenvalue weighted by Crippen LogP contribution is -2.59. The Morgan fingerprint density at radius 3 is 2.50 bits per heavy atom. The molecule has 38 heavy (non-hydrogen) atoms. The fourth-order valence-corrected chi connectivity index (χ4v) is 5.72. The number of carbonyl (C=O) groups excluding carboxylic acids is 4. The topological polar surface area (TPSA) is 149 Å². The molecular weight excluding hydrogens is 488 g/mol. The number of likely N-dealkylation sites (tertiary alicyclic amines) is 3. The van der Waals surface area contributed by atoms with E-state index in [-0.39, 0.29) is 30.4 Å². The number of amides is 4. The lowest BCUT2D eigenvalue weighted by Gasteiger charge is -2.39. The van der Waals surface area contributed by atoms with Gasteiger partial charge in [-0.3, -0.25) is 19.3 Å². The van der Waals surface area contributed by atoms with Crippen molar-refractivity contribution >= 4 is 23.8 Å². The normalized spacial score (nSPS) is 24.7. The van der Waals surface area contributed by atoms with Gasteiger partial charge in [-0.1, -0.05) is 12.1 Å². The number of benzene rings is 1. The molecule has 2 bridgehead atoms. The molecule has 1 aromatic rings. The highest BCUT2D eigenvalue weighted by atomic mass is 16.6. The smallest absolute Gasteiger partial charge is 0.408 e. The Hall–Kier alpha value is -3.65. The summed E-state index contributed by atoms with van der Waals surface area (Å²) in [7, 11) is 0. The van der Waals surface area contributed by atoms with Crippen LogP contribution in [-0.4, -0.2) is 87.9 Å². The maximum absolute atomic E-state index is 13.5. The van der Waals surface area contributed by atoms with Crippen molar-refractivity contribution in [2.24, 2.45) is 5.73 Å². The summed E-state index contributed by atoms with van der Waals surface area (Å²) in [6.07, 6.45) is 1.24. The maximum atomic E-state index is 13.5. The molecule has 3 aliphatic rings. The fourth-order valence-electron chi connectivity index (χ4n) is 5.72. The van der Waals surface area contributed by atoms with Gasteiger partial charge in [0.05, 0.1) is 18.2 Å². The van der Waals surface area contributed by atoms with E-state index in [4.69, 9.17) is 10.5 Å². The molecule has 3 fully saturated rings. The second-order valence-corrected chi connectivity index (χ2v) is 11.3. The van der Waals surface area contributed by atoms with Crippen LogP contribution >= 0.6 is 0 Å². The molecule has 0 saturated carbocycles. The van der Waals surface area contributed by atoms with Crippen LogP contribution in [0.4, 0.5) is 4.79 Å². The second-order valence-electron chi connectivity index (χ2n) is 11.3. The van der Waals surface area contributed by atoms with Crippen molar-refractivity contribution in [2.75, 3.05) is 19.6 Å². The van der Waals surface area contributed by atoms with Crippen molar-refractivity contribution < 1.29 is 23.9 Å². The summed E-state index contributed by atoms with van der Waals surface area (Å²) in [5.74, 6) is -0.877. The number of alkyl carbamates (subject to hydrolysis) is 1. The van der Waals surface area contributed by atoms with E-state index in [0.29, 0.717) is 31.5 Å². The predicted molar refractivity (Wildman–Crippen MR) is 137 cm³/mol. The number of hydrogen-bond donors (Lipinski definition) is 2. The van der Waals surface area contributed by atoms with E-state index < -0.39 is 35.7 Å². The minimum atomic E-state index is -0.946. The zero-order valence-corrected chi connectivity index (χ0v) is 22.3. The summed E-state index contributed by atoms with van der Waals surface area (Å²) in [5, 5.41) is 12.2. The number of carbonyl (C=O) groups is 4. The molecule has 0 radical (unpaired) electrons. The molecule has 3 N–H and O–H groups in total. The SMILES string of the molecule is C[C@H](c1ccc(C(N)=O)cc1)N1C(=O)[C@H]2C[C@@H]1CN2C[C@H](NC(=O)OC(C)(C)C)C(=O)N1CCC[C@H]1C#N. The summed E-state index contributed by atoms with van der Waals surface area (Å²) in [6, 6.07) is 6.98. The van der Waals surface area contributed by atoms with Crippen LogP contribution in [0.5, 0.6) is 0 Å². The lowest BCUT2D eigenvalue weighted by atomic mass is 10.0. The zero-order valence-electron chi connectivity index (χ0n) is 22.3. The van der Waals surface area contributed by atoms with Crippen molar-refractivity contribution in [2.45, 2.75) is 82.8 Å². The number of nitriles is 1. The Balaban J connectivity index is 1.47. The zero-order chi connectivity index (χ0) is 27.8. The van der Waals surface area contributed by atoms with E-state index in [1.54, 1.807) is 32.9 Å². The van der Waals surface area contributed by atoms with E-state index in [1.165, 1.54) is 4.90 Å². The molecule has 4 amide bonds. The molecule has 5 atom stereocenters. The van der Waals surface area contributed by atoms with Gasteiger partial charge in [0.1, 0.15) is 17.7 Å². The van der Waals surface area contributed by atoms with Crippen molar-refractivity contribution in [3.8, 4) is 6.07 Å². The fraction of sp³-hybridized carbons (Fsp3) is 0.593. The number of hydrogen-bond acceptors (Lipinski definition) is 7. The monoisotopic (exact) mass is 524 g/mol. The third-order valence-electron chi connectivity index (χ3n) is 7.50. The number of nitrogens with two attached hydrogens (primary N) is 1. The second kappa shape index (κ2) is 10.6.